The molecule has 0 amide bonds. The molecule has 108 valence electrons. The first-order valence-corrected chi connectivity index (χ1v) is 7.29. The van der Waals surface area contributed by atoms with Gasteiger partial charge in [0.15, 0.2) is 5.78 Å². The van der Waals surface area contributed by atoms with E-state index in [0.717, 1.165) is 18.7 Å². The van der Waals surface area contributed by atoms with Gasteiger partial charge in [-0.25, -0.2) is 0 Å². The van der Waals surface area contributed by atoms with Crippen LogP contribution < -0.4 is 0 Å². The summed E-state index contributed by atoms with van der Waals surface area (Å²) < 4.78 is 5.37. The van der Waals surface area contributed by atoms with Crippen LogP contribution in [-0.4, -0.2) is 37.0 Å². The highest BCUT2D eigenvalue weighted by Crippen LogP contribution is 2.31. The molecule has 3 nitrogen and oxygen atoms in total. The van der Waals surface area contributed by atoms with E-state index in [2.05, 4.69) is 11.5 Å². The molecule has 1 aromatic carbocycles. The number of allylic oxidation sites excluding steroid dienone is 1. The Kier molecular flexibility index (Phi) is 5.61. The molecule has 1 fully saturated rings. The molecule has 2 rings (SSSR count). The van der Waals surface area contributed by atoms with Crippen molar-refractivity contribution < 1.29 is 9.53 Å². The van der Waals surface area contributed by atoms with Crippen molar-refractivity contribution in [1.29, 1.82) is 0 Å². The van der Waals surface area contributed by atoms with Crippen molar-refractivity contribution in [1.82, 2.24) is 4.90 Å². The molecule has 20 heavy (non-hydrogen) atoms. The summed E-state index contributed by atoms with van der Waals surface area (Å²) >= 11 is 12.0. The number of carbonyl (C=O) groups is 1. The van der Waals surface area contributed by atoms with Crippen molar-refractivity contribution in [2.75, 3.05) is 26.3 Å². The summed E-state index contributed by atoms with van der Waals surface area (Å²) in [5, 5.41) is 1.03. The maximum atomic E-state index is 11.8. The van der Waals surface area contributed by atoms with Gasteiger partial charge in [0.05, 0.1) is 23.3 Å². The number of hydrogen-bond acceptors (Lipinski definition) is 3. The van der Waals surface area contributed by atoms with Gasteiger partial charge in [0.2, 0.25) is 0 Å². The lowest BCUT2D eigenvalue weighted by Crippen LogP contribution is -2.39. The molecular weight excluding hydrogens is 297 g/mol. The molecule has 1 atom stereocenters. The van der Waals surface area contributed by atoms with Crippen LogP contribution in [0.5, 0.6) is 0 Å². The minimum absolute atomic E-state index is 0.0147. The van der Waals surface area contributed by atoms with Crippen LogP contribution in [0.4, 0.5) is 0 Å². The predicted octanol–water partition coefficient (Wildman–Crippen LogP) is 3.51. The second-order valence-corrected chi connectivity index (χ2v) is 5.53. The van der Waals surface area contributed by atoms with Crippen molar-refractivity contribution in [3.05, 3.63) is 46.5 Å². The second-order valence-electron chi connectivity index (χ2n) is 4.71. The molecular formula is C15H17Cl2NO2. The van der Waals surface area contributed by atoms with Gasteiger partial charge in [-0.2, -0.15) is 0 Å². The predicted molar refractivity (Wildman–Crippen MR) is 81.4 cm³/mol. The quantitative estimate of drug-likeness (QED) is 0.779. The van der Waals surface area contributed by atoms with Crippen LogP contribution in [0.25, 0.3) is 0 Å². The minimum Gasteiger partial charge on any atom is -0.379 e. The lowest BCUT2D eigenvalue weighted by Gasteiger charge is -2.34. The molecule has 1 heterocycles. The zero-order chi connectivity index (χ0) is 14.5. The van der Waals surface area contributed by atoms with Gasteiger partial charge in [-0.3, -0.25) is 9.69 Å². The minimum atomic E-state index is -0.0147. The highest BCUT2D eigenvalue weighted by atomic mass is 35.5. The number of morpholine rings is 1. The summed E-state index contributed by atoms with van der Waals surface area (Å²) in [6, 6.07) is 5.51. The van der Waals surface area contributed by atoms with E-state index in [-0.39, 0.29) is 11.8 Å². The number of hydrogen-bond donors (Lipinski definition) is 0. The highest BCUT2D eigenvalue weighted by Gasteiger charge is 2.24. The lowest BCUT2D eigenvalue weighted by atomic mass is 9.99. The summed E-state index contributed by atoms with van der Waals surface area (Å²) in [4.78, 5) is 14.0. The number of ether oxygens (including phenoxy) is 1. The fourth-order valence-corrected chi connectivity index (χ4v) is 2.65. The zero-order valence-corrected chi connectivity index (χ0v) is 12.7. The second kappa shape index (κ2) is 7.23. The summed E-state index contributed by atoms with van der Waals surface area (Å²) in [5.74, 6) is 0.0209. The van der Waals surface area contributed by atoms with Crippen molar-refractivity contribution in [2.45, 2.75) is 12.5 Å². The molecule has 5 heteroatoms. The van der Waals surface area contributed by atoms with Gasteiger partial charge in [-0.15, -0.1) is 0 Å². The third-order valence-corrected chi connectivity index (χ3v) is 4.18. The van der Waals surface area contributed by atoms with Crippen LogP contribution in [0.3, 0.4) is 0 Å². The van der Waals surface area contributed by atoms with Crippen molar-refractivity contribution >= 4 is 29.0 Å². The van der Waals surface area contributed by atoms with Crippen LogP contribution in [0.1, 0.15) is 18.0 Å². The maximum Gasteiger partial charge on any atom is 0.157 e. The van der Waals surface area contributed by atoms with Gasteiger partial charge in [0, 0.05) is 25.6 Å². The lowest BCUT2D eigenvalue weighted by molar-refractivity contribution is -0.116. The van der Waals surface area contributed by atoms with E-state index >= 15 is 0 Å². The van der Waals surface area contributed by atoms with Gasteiger partial charge in [-0.05, 0) is 23.8 Å². The van der Waals surface area contributed by atoms with E-state index in [9.17, 15) is 4.79 Å². The number of carbonyl (C=O) groups excluding carboxylic acids is 1. The average molecular weight is 314 g/mol. The number of benzene rings is 1. The number of rotatable bonds is 5. The summed E-state index contributed by atoms with van der Waals surface area (Å²) in [6.45, 7) is 6.51. The third kappa shape index (κ3) is 3.83. The normalized spacial score (nSPS) is 17.7. The Balaban J connectivity index is 2.26. The highest BCUT2D eigenvalue weighted by molar-refractivity contribution is 6.42. The number of halogens is 2. The van der Waals surface area contributed by atoms with Crippen LogP contribution in [0.15, 0.2) is 30.9 Å². The zero-order valence-electron chi connectivity index (χ0n) is 11.1. The molecule has 1 aromatic rings. The van der Waals surface area contributed by atoms with Gasteiger partial charge >= 0.3 is 0 Å². The van der Waals surface area contributed by atoms with E-state index < -0.39 is 0 Å². The first-order valence-electron chi connectivity index (χ1n) is 6.54. The number of nitrogens with zero attached hydrogens (tertiary/aromatic N) is 1. The Labute approximate surface area is 129 Å². The smallest absolute Gasteiger partial charge is 0.157 e. The summed E-state index contributed by atoms with van der Waals surface area (Å²) in [7, 11) is 0. The molecule has 0 radical (unpaired) electrons. The fourth-order valence-electron chi connectivity index (χ4n) is 2.34. The van der Waals surface area contributed by atoms with Crippen molar-refractivity contribution in [2.24, 2.45) is 0 Å². The standard InChI is InChI=1S/C15H17Cl2NO2/c1-2-12(19)10-15(18-5-7-20-8-6-18)11-3-4-13(16)14(17)9-11/h2-4,9,15H,1,5-8,10H2. The molecule has 0 spiro atoms. The van der Waals surface area contributed by atoms with Gasteiger partial charge < -0.3 is 4.74 Å². The van der Waals surface area contributed by atoms with Crippen LogP contribution in [-0.2, 0) is 9.53 Å². The molecule has 1 aliphatic heterocycles. The molecule has 0 N–H and O–H groups in total. The first kappa shape index (κ1) is 15.5. The molecule has 0 aromatic heterocycles. The largest absolute Gasteiger partial charge is 0.379 e. The molecule has 1 aliphatic rings. The SMILES string of the molecule is C=CC(=O)CC(c1ccc(Cl)c(Cl)c1)N1CCOCC1. The van der Waals surface area contributed by atoms with E-state index in [0.29, 0.717) is 29.7 Å². The Morgan fingerprint density at radius 2 is 2.05 bits per heavy atom. The van der Waals surface area contributed by atoms with Crippen molar-refractivity contribution in [3.8, 4) is 0 Å². The van der Waals surface area contributed by atoms with Crippen LogP contribution >= 0.6 is 23.2 Å². The molecule has 1 saturated heterocycles. The van der Waals surface area contributed by atoms with E-state index in [4.69, 9.17) is 27.9 Å². The van der Waals surface area contributed by atoms with Crippen molar-refractivity contribution in [3.63, 3.8) is 0 Å². The van der Waals surface area contributed by atoms with Crippen LogP contribution in [0.2, 0.25) is 10.0 Å². The monoisotopic (exact) mass is 313 g/mol. The fraction of sp³-hybridized carbons (Fsp3) is 0.400. The van der Waals surface area contributed by atoms with E-state index in [1.165, 1.54) is 6.08 Å². The molecule has 0 aliphatic carbocycles. The third-order valence-electron chi connectivity index (χ3n) is 3.44. The molecule has 0 saturated carbocycles. The topological polar surface area (TPSA) is 29.5 Å². The van der Waals surface area contributed by atoms with Gasteiger partial charge in [-0.1, -0.05) is 35.8 Å². The molecule has 0 bridgehead atoms. The Morgan fingerprint density at radius 3 is 2.65 bits per heavy atom. The summed E-state index contributed by atoms with van der Waals surface area (Å²) in [6.07, 6.45) is 1.76. The molecule has 1 unspecified atom stereocenters. The van der Waals surface area contributed by atoms with Gasteiger partial charge in [0.1, 0.15) is 0 Å². The number of ketones is 1. The first-order chi connectivity index (χ1) is 9.61. The van der Waals surface area contributed by atoms with Gasteiger partial charge in [0.25, 0.3) is 0 Å². The average Bonchev–Trinajstić information content (AvgIpc) is 2.48. The Morgan fingerprint density at radius 1 is 1.35 bits per heavy atom. The Hall–Kier alpha value is -0.870. The van der Waals surface area contributed by atoms with Crippen LogP contribution in [0, 0.1) is 0 Å². The summed E-state index contributed by atoms with van der Waals surface area (Å²) in [5.41, 5.74) is 0.997. The van der Waals surface area contributed by atoms with E-state index in [1.54, 1.807) is 6.07 Å². The van der Waals surface area contributed by atoms with E-state index in [1.807, 2.05) is 12.1 Å². The Bertz CT molecular complexity index is 499. The maximum absolute atomic E-state index is 11.8.